The van der Waals surface area contributed by atoms with Crippen LogP contribution in [0.1, 0.15) is 0 Å². The summed E-state index contributed by atoms with van der Waals surface area (Å²) < 4.78 is 15.5. The van der Waals surface area contributed by atoms with Crippen molar-refractivity contribution in [2.45, 2.75) is 0 Å². The van der Waals surface area contributed by atoms with Crippen LogP contribution in [0, 0.1) is 0 Å². The topological polar surface area (TPSA) is 82.1 Å². The van der Waals surface area contributed by atoms with Crippen molar-refractivity contribution in [3.63, 3.8) is 0 Å². The van der Waals surface area contributed by atoms with Gasteiger partial charge < -0.3 is 19.3 Å². The summed E-state index contributed by atoms with van der Waals surface area (Å²) in [5.74, 6) is 0.371. The summed E-state index contributed by atoms with van der Waals surface area (Å²) in [5.41, 5.74) is -1.42. The van der Waals surface area contributed by atoms with Crippen molar-refractivity contribution in [2.24, 2.45) is 0 Å². The summed E-state index contributed by atoms with van der Waals surface area (Å²) >= 11 is 0. The van der Waals surface area contributed by atoms with Gasteiger partial charge in [0.05, 0.1) is 26.9 Å². The normalized spacial score (nSPS) is 10.5. The van der Waals surface area contributed by atoms with Crippen LogP contribution in [0.2, 0.25) is 0 Å². The first kappa shape index (κ1) is 12.9. The number of methoxy groups -OCH3 is 3. The van der Waals surface area contributed by atoms with Crippen LogP contribution in [0.25, 0.3) is 11.1 Å². The summed E-state index contributed by atoms with van der Waals surface area (Å²) in [7, 11) is 4.28. The molecular formula is C13H12O6. The molecule has 100 valence electrons. The molecule has 6 nitrogen and oxygen atoms in total. The molecule has 2 aromatic rings. The highest BCUT2D eigenvalue weighted by Gasteiger charge is 2.27. The minimum absolute atomic E-state index is 0.0668. The molecule has 0 spiro atoms. The van der Waals surface area contributed by atoms with Crippen molar-refractivity contribution in [2.75, 3.05) is 21.3 Å². The SMILES string of the molecule is COc1ccc(-c2c(O)c(=O)c2=O)c(OC)c1OC. The maximum Gasteiger partial charge on any atom is 0.268 e. The molecule has 0 unspecified atom stereocenters. The third-order valence-corrected chi connectivity index (χ3v) is 2.86. The van der Waals surface area contributed by atoms with Crippen LogP contribution in [0.15, 0.2) is 21.7 Å². The van der Waals surface area contributed by atoms with Crippen molar-refractivity contribution < 1.29 is 19.3 Å². The van der Waals surface area contributed by atoms with Crippen LogP contribution in [-0.4, -0.2) is 26.4 Å². The van der Waals surface area contributed by atoms with Crippen LogP contribution in [0.4, 0.5) is 0 Å². The van der Waals surface area contributed by atoms with E-state index in [1.165, 1.54) is 27.4 Å². The molecule has 6 heteroatoms. The van der Waals surface area contributed by atoms with E-state index in [4.69, 9.17) is 14.2 Å². The van der Waals surface area contributed by atoms with Gasteiger partial charge in [-0.3, -0.25) is 9.59 Å². The van der Waals surface area contributed by atoms with E-state index >= 15 is 0 Å². The first-order valence-corrected chi connectivity index (χ1v) is 5.38. The summed E-state index contributed by atoms with van der Waals surface area (Å²) in [6, 6.07) is 3.09. The number of benzene rings is 1. The van der Waals surface area contributed by atoms with Gasteiger partial charge in [0.1, 0.15) is 0 Å². The van der Waals surface area contributed by atoms with Gasteiger partial charge in [-0.2, -0.15) is 0 Å². The lowest BCUT2D eigenvalue weighted by Crippen LogP contribution is -2.31. The highest BCUT2D eigenvalue weighted by Crippen LogP contribution is 2.45. The molecule has 19 heavy (non-hydrogen) atoms. The van der Waals surface area contributed by atoms with E-state index in [-0.39, 0.29) is 17.1 Å². The Hall–Kier alpha value is -2.50. The Morgan fingerprint density at radius 3 is 2.00 bits per heavy atom. The minimum atomic E-state index is -0.896. The van der Waals surface area contributed by atoms with Crippen molar-refractivity contribution >= 4 is 0 Å². The highest BCUT2D eigenvalue weighted by molar-refractivity contribution is 5.81. The second-order valence-electron chi connectivity index (χ2n) is 3.76. The molecule has 0 aromatic heterocycles. The first-order chi connectivity index (χ1) is 9.06. The molecule has 2 rings (SSSR count). The quantitative estimate of drug-likeness (QED) is 0.818. The lowest BCUT2D eigenvalue weighted by atomic mass is 9.98. The zero-order chi connectivity index (χ0) is 14.2. The Balaban J connectivity index is 2.73. The Labute approximate surface area is 108 Å². The molecule has 0 aliphatic heterocycles. The molecule has 1 N–H and O–H groups in total. The smallest absolute Gasteiger partial charge is 0.268 e. The molecule has 0 saturated heterocycles. The minimum Gasteiger partial charge on any atom is -0.503 e. The predicted octanol–water partition coefficient (Wildman–Crippen LogP) is 0.681. The number of hydrogen-bond donors (Lipinski definition) is 1. The third kappa shape index (κ3) is 1.72. The van der Waals surface area contributed by atoms with Gasteiger partial charge in [0, 0.05) is 5.56 Å². The standard InChI is InChI=1S/C13H12O6/c1-17-7-5-4-6(12(18-2)13(7)19-3)8-9(14)11(16)10(8)15/h4-5,14H,1-3H3. The molecule has 0 fully saturated rings. The average molecular weight is 264 g/mol. The number of rotatable bonds is 4. The molecule has 0 aliphatic carbocycles. The summed E-state index contributed by atoms with van der Waals surface area (Å²) in [5, 5.41) is 9.49. The fraction of sp³-hybridized carbons (Fsp3) is 0.231. The number of aromatic hydroxyl groups is 1. The summed E-state index contributed by atoms with van der Waals surface area (Å²) in [4.78, 5) is 22.6. The van der Waals surface area contributed by atoms with Crippen molar-refractivity contribution in [1.82, 2.24) is 0 Å². The molecule has 0 bridgehead atoms. The van der Waals surface area contributed by atoms with E-state index in [1.807, 2.05) is 0 Å². The van der Waals surface area contributed by atoms with Gasteiger partial charge in [-0.1, -0.05) is 0 Å². The molecule has 2 aromatic carbocycles. The van der Waals surface area contributed by atoms with Crippen molar-refractivity contribution in [3.8, 4) is 34.1 Å². The largest absolute Gasteiger partial charge is 0.503 e. The van der Waals surface area contributed by atoms with E-state index < -0.39 is 16.6 Å². The fourth-order valence-corrected chi connectivity index (χ4v) is 1.93. The van der Waals surface area contributed by atoms with Crippen LogP contribution < -0.4 is 25.1 Å². The maximum absolute atomic E-state index is 11.5. The zero-order valence-corrected chi connectivity index (χ0v) is 10.6. The zero-order valence-electron chi connectivity index (χ0n) is 10.6. The number of hydrogen-bond acceptors (Lipinski definition) is 6. The Morgan fingerprint density at radius 1 is 0.895 bits per heavy atom. The molecule has 0 heterocycles. The molecule has 0 saturated carbocycles. The highest BCUT2D eigenvalue weighted by atomic mass is 16.5. The average Bonchev–Trinajstić information content (AvgIpc) is 2.45. The fourth-order valence-electron chi connectivity index (χ4n) is 1.93. The molecule has 0 atom stereocenters. The van der Waals surface area contributed by atoms with Crippen LogP contribution in [-0.2, 0) is 0 Å². The molecule has 0 amide bonds. The van der Waals surface area contributed by atoms with Crippen LogP contribution in [0.5, 0.6) is 23.0 Å². The third-order valence-electron chi connectivity index (χ3n) is 2.86. The second kappa shape index (κ2) is 4.64. The monoisotopic (exact) mass is 264 g/mol. The molecule has 0 radical (unpaired) electrons. The number of ether oxygens (including phenoxy) is 3. The van der Waals surface area contributed by atoms with E-state index in [0.29, 0.717) is 11.3 Å². The van der Waals surface area contributed by atoms with Crippen molar-refractivity contribution in [3.05, 3.63) is 32.6 Å². The summed E-state index contributed by atoms with van der Waals surface area (Å²) in [6.45, 7) is 0. The van der Waals surface area contributed by atoms with Gasteiger partial charge in [-0.15, -0.1) is 0 Å². The first-order valence-electron chi connectivity index (χ1n) is 5.38. The second-order valence-corrected chi connectivity index (χ2v) is 3.76. The van der Waals surface area contributed by atoms with Gasteiger partial charge in [-0.25, -0.2) is 0 Å². The lowest BCUT2D eigenvalue weighted by molar-refractivity contribution is 0.325. The molecule has 0 aliphatic rings. The van der Waals surface area contributed by atoms with Gasteiger partial charge in [0.15, 0.2) is 17.2 Å². The lowest BCUT2D eigenvalue weighted by Gasteiger charge is -2.16. The van der Waals surface area contributed by atoms with E-state index in [1.54, 1.807) is 6.07 Å². The summed E-state index contributed by atoms with van der Waals surface area (Å²) in [6.07, 6.45) is 0. The van der Waals surface area contributed by atoms with Gasteiger partial charge in [0.25, 0.3) is 5.43 Å². The van der Waals surface area contributed by atoms with Gasteiger partial charge in [0.2, 0.25) is 11.2 Å². The van der Waals surface area contributed by atoms with Gasteiger partial charge in [-0.05, 0) is 12.1 Å². The van der Waals surface area contributed by atoms with E-state index in [2.05, 4.69) is 0 Å². The Morgan fingerprint density at radius 2 is 1.53 bits per heavy atom. The predicted molar refractivity (Wildman–Crippen MR) is 68.1 cm³/mol. The van der Waals surface area contributed by atoms with Crippen LogP contribution in [0.3, 0.4) is 0 Å². The van der Waals surface area contributed by atoms with Crippen LogP contribution >= 0.6 is 0 Å². The Bertz CT molecular complexity index is 694. The maximum atomic E-state index is 11.5. The van der Waals surface area contributed by atoms with E-state index in [9.17, 15) is 14.7 Å². The molecular weight excluding hydrogens is 252 g/mol. The van der Waals surface area contributed by atoms with Crippen molar-refractivity contribution in [1.29, 1.82) is 0 Å². The Kier molecular flexibility index (Phi) is 3.16. The van der Waals surface area contributed by atoms with E-state index in [0.717, 1.165) is 0 Å². The van der Waals surface area contributed by atoms with Gasteiger partial charge >= 0.3 is 0 Å².